The van der Waals surface area contributed by atoms with Crippen molar-refractivity contribution in [2.75, 3.05) is 6.61 Å². The number of esters is 1. The van der Waals surface area contributed by atoms with Crippen LogP contribution in [0.5, 0.6) is 0 Å². The normalized spacial score (nSPS) is 22.6. The summed E-state index contributed by atoms with van der Waals surface area (Å²) < 4.78 is 5.90. The molecule has 1 aliphatic rings. The van der Waals surface area contributed by atoms with Crippen molar-refractivity contribution >= 4 is 21.9 Å². The second-order valence-corrected chi connectivity index (χ2v) is 4.83. The number of halogens is 1. The van der Waals surface area contributed by atoms with Crippen LogP contribution in [0.2, 0.25) is 0 Å². The number of aliphatic hydroxyl groups excluding tert-OH is 1. The molecule has 3 nitrogen and oxygen atoms in total. The molecule has 0 aliphatic carbocycles. The predicted molar refractivity (Wildman–Crippen MR) is 62.8 cm³/mol. The quantitative estimate of drug-likeness (QED) is 0.849. The molecule has 0 unspecified atom stereocenters. The third-order valence-electron chi connectivity index (χ3n) is 2.80. The van der Waals surface area contributed by atoms with Crippen molar-refractivity contribution in [3.8, 4) is 0 Å². The molecular weight excluding hydrogens is 272 g/mol. The highest BCUT2D eigenvalue weighted by Crippen LogP contribution is 2.30. The highest BCUT2D eigenvalue weighted by molar-refractivity contribution is 9.10. The number of aliphatic hydroxyl groups is 1. The SMILES string of the molecule is O=C1OCCC[C@H]1[C@H](O)c1ccc(Br)cc1. The molecule has 0 radical (unpaired) electrons. The van der Waals surface area contributed by atoms with E-state index >= 15 is 0 Å². The number of hydrogen-bond acceptors (Lipinski definition) is 3. The molecule has 1 heterocycles. The van der Waals surface area contributed by atoms with Crippen LogP contribution in [-0.4, -0.2) is 17.7 Å². The number of carbonyl (C=O) groups excluding carboxylic acids is 1. The standard InChI is InChI=1S/C12H13BrO3/c13-9-5-3-8(4-6-9)11(14)10-2-1-7-16-12(10)15/h3-6,10-11,14H,1-2,7H2/t10-,11+/m0/s1. The van der Waals surface area contributed by atoms with Crippen LogP contribution in [0, 0.1) is 5.92 Å². The summed E-state index contributed by atoms with van der Waals surface area (Å²) in [4.78, 5) is 11.5. The Morgan fingerprint density at radius 1 is 1.38 bits per heavy atom. The zero-order chi connectivity index (χ0) is 11.5. The topological polar surface area (TPSA) is 46.5 Å². The van der Waals surface area contributed by atoms with E-state index in [0.717, 1.165) is 16.5 Å². The lowest BCUT2D eigenvalue weighted by molar-refractivity contribution is -0.158. The molecule has 2 atom stereocenters. The van der Waals surface area contributed by atoms with Gasteiger partial charge in [-0.05, 0) is 30.5 Å². The highest BCUT2D eigenvalue weighted by Gasteiger charge is 2.31. The number of carbonyl (C=O) groups is 1. The second kappa shape index (κ2) is 4.97. The molecule has 1 fully saturated rings. The maximum Gasteiger partial charge on any atom is 0.311 e. The van der Waals surface area contributed by atoms with Gasteiger partial charge in [-0.2, -0.15) is 0 Å². The van der Waals surface area contributed by atoms with Gasteiger partial charge < -0.3 is 9.84 Å². The molecule has 16 heavy (non-hydrogen) atoms. The zero-order valence-corrected chi connectivity index (χ0v) is 10.3. The molecule has 1 saturated heterocycles. The average molecular weight is 285 g/mol. The van der Waals surface area contributed by atoms with Gasteiger partial charge in [-0.1, -0.05) is 28.1 Å². The average Bonchev–Trinajstić information content (AvgIpc) is 2.30. The third-order valence-corrected chi connectivity index (χ3v) is 3.33. The molecule has 1 N–H and O–H groups in total. The minimum atomic E-state index is -0.763. The maximum absolute atomic E-state index is 11.5. The van der Waals surface area contributed by atoms with Crippen molar-refractivity contribution in [3.63, 3.8) is 0 Å². The Hall–Kier alpha value is -0.870. The molecule has 4 heteroatoms. The van der Waals surface area contributed by atoms with E-state index < -0.39 is 12.0 Å². The highest BCUT2D eigenvalue weighted by atomic mass is 79.9. The monoisotopic (exact) mass is 284 g/mol. The van der Waals surface area contributed by atoms with Gasteiger partial charge in [-0.25, -0.2) is 0 Å². The Morgan fingerprint density at radius 3 is 2.69 bits per heavy atom. The van der Waals surface area contributed by atoms with E-state index in [1.165, 1.54) is 0 Å². The fourth-order valence-corrected chi connectivity index (χ4v) is 2.14. The summed E-state index contributed by atoms with van der Waals surface area (Å²) in [5, 5.41) is 10.1. The lowest BCUT2D eigenvalue weighted by Gasteiger charge is -2.25. The number of hydrogen-bond donors (Lipinski definition) is 1. The van der Waals surface area contributed by atoms with Gasteiger partial charge >= 0.3 is 5.97 Å². The molecule has 0 spiro atoms. The van der Waals surface area contributed by atoms with E-state index in [2.05, 4.69) is 15.9 Å². The third kappa shape index (κ3) is 2.44. The van der Waals surface area contributed by atoms with Crippen molar-refractivity contribution in [2.45, 2.75) is 18.9 Å². The summed E-state index contributed by atoms with van der Waals surface area (Å²) in [6.07, 6.45) is 0.751. The first-order chi connectivity index (χ1) is 7.68. The summed E-state index contributed by atoms with van der Waals surface area (Å²) in [6.45, 7) is 0.475. The van der Waals surface area contributed by atoms with Crippen LogP contribution in [0.1, 0.15) is 24.5 Å². The summed E-state index contributed by atoms with van der Waals surface area (Å²) in [6, 6.07) is 7.34. The molecule has 86 valence electrons. The van der Waals surface area contributed by atoms with Crippen LogP contribution >= 0.6 is 15.9 Å². The number of ether oxygens (including phenoxy) is 1. The second-order valence-electron chi connectivity index (χ2n) is 3.91. The van der Waals surface area contributed by atoms with Crippen LogP contribution in [0.25, 0.3) is 0 Å². The first-order valence-electron chi connectivity index (χ1n) is 5.28. The van der Waals surface area contributed by atoms with Crippen molar-refractivity contribution in [1.82, 2.24) is 0 Å². The molecule has 0 saturated carbocycles. The molecule has 1 aliphatic heterocycles. The predicted octanol–water partition coefficient (Wildman–Crippen LogP) is 2.44. The lowest BCUT2D eigenvalue weighted by Crippen LogP contribution is -2.29. The number of benzene rings is 1. The molecule has 1 aromatic rings. The van der Waals surface area contributed by atoms with Crippen molar-refractivity contribution < 1.29 is 14.6 Å². The van der Waals surface area contributed by atoms with Crippen LogP contribution in [0.3, 0.4) is 0 Å². The van der Waals surface area contributed by atoms with E-state index in [1.807, 2.05) is 24.3 Å². The smallest absolute Gasteiger partial charge is 0.311 e. The summed E-state index contributed by atoms with van der Waals surface area (Å²) in [5.74, 6) is -0.711. The van der Waals surface area contributed by atoms with Gasteiger partial charge in [-0.15, -0.1) is 0 Å². The van der Waals surface area contributed by atoms with Gasteiger partial charge in [0.1, 0.15) is 0 Å². The summed E-state index contributed by atoms with van der Waals surface area (Å²) in [5.41, 5.74) is 0.757. The fourth-order valence-electron chi connectivity index (χ4n) is 1.88. The van der Waals surface area contributed by atoms with Gasteiger partial charge in [0.05, 0.1) is 18.6 Å². The van der Waals surface area contributed by atoms with E-state index in [4.69, 9.17) is 4.74 Å². The first-order valence-corrected chi connectivity index (χ1v) is 6.08. The van der Waals surface area contributed by atoms with E-state index in [9.17, 15) is 9.90 Å². The Bertz CT molecular complexity index is 374. The molecule has 0 aromatic heterocycles. The number of rotatable bonds is 2. The van der Waals surface area contributed by atoms with Crippen LogP contribution in [-0.2, 0) is 9.53 Å². The minimum absolute atomic E-state index is 0.290. The molecular formula is C12H13BrO3. The van der Waals surface area contributed by atoms with Gasteiger partial charge in [-0.3, -0.25) is 4.79 Å². The van der Waals surface area contributed by atoms with Crippen molar-refractivity contribution in [2.24, 2.45) is 5.92 Å². The van der Waals surface area contributed by atoms with Crippen molar-refractivity contribution in [3.05, 3.63) is 34.3 Å². The Labute approximate surface area is 103 Å². The van der Waals surface area contributed by atoms with Crippen molar-refractivity contribution in [1.29, 1.82) is 0 Å². The molecule has 0 bridgehead atoms. The zero-order valence-electron chi connectivity index (χ0n) is 8.73. The van der Waals surface area contributed by atoms with Gasteiger partial charge in [0.2, 0.25) is 0 Å². The summed E-state index contributed by atoms with van der Waals surface area (Å²) >= 11 is 3.33. The Kier molecular flexibility index (Phi) is 3.61. The van der Waals surface area contributed by atoms with Gasteiger partial charge in [0, 0.05) is 4.47 Å². The van der Waals surface area contributed by atoms with E-state index in [1.54, 1.807) is 0 Å². The van der Waals surface area contributed by atoms with Crippen LogP contribution < -0.4 is 0 Å². The molecule has 0 amide bonds. The molecule has 1 aromatic carbocycles. The minimum Gasteiger partial charge on any atom is -0.465 e. The van der Waals surface area contributed by atoms with Gasteiger partial charge in [0.25, 0.3) is 0 Å². The first kappa shape index (κ1) is 11.6. The Balaban J connectivity index is 2.14. The van der Waals surface area contributed by atoms with Crippen LogP contribution in [0.4, 0.5) is 0 Å². The van der Waals surface area contributed by atoms with E-state index in [-0.39, 0.29) is 5.97 Å². The lowest BCUT2D eigenvalue weighted by atomic mass is 9.90. The summed E-state index contributed by atoms with van der Waals surface area (Å²) in [7, 11) is 0. The Morgan fingerprint density at radius 2 is 2.06 bits per heavy atom. The number of cyclic esters (lactones) is 1. The maximum atomic E-state index is 11.5. The molecule has 2 rings (SSSR count). The van der Waals surface area contributed by atoms with Gasteiger partial charge in [0.15, 0.2) is 0 Å². The van der Waals surface area contributed by atoms with Crippen LogP contribution in [0.15, 0.2) is 28.7 Å². The largest absolute Gasteiger partial charge is 0.465 e. The fraction of sp³-hybridized carbons (Fsp3) is 0.417. The van der Waals surface area contributed by atoms with E-state index in [0.29, 0.717) is 13.0 Å².